The number of nitrogens with two attached hydrogens (primary N) is 1. The van der Waals surface area contributed by atoms with Crippen molar-refractivity contribution in [1.82, 2.24) is 10.3 Å². The zero-order valence-corrected chi connectivity index (χ0v) is 17.4. The first kappa shape index (κ1) is 25.1. The van der Waals surface area contributed by atoms with Crippen LogP contribution in [0.25, 0.3) is 0 Å². The molecule has 3 N–H and O–H groups in total. The number of halogens is 2. The molecule has 1 aromatic carbocycles. The zero-order valence-electron chi connectivity index (χ0n) is 14.9. The number of benzene rings is 1. The highest BCUT2D eigenvalue weighted by molar-refractivity contribution is 7.90. The third kappa shape index (κ3) is 7.34. The summed E-state index contributed by atoms with van der Waals surface area (Å²) in [5.74, 6) is 0.384. The van der Waals surface area contributed by atoms with Gasteiger partial charge in [0.05, 0.1) is 10.9 Å². The summed E-state index contributed by atoms with van der Waals surface area (Å²) in [4.78, 5) is 16.1. The van der Waals surface area contributed by atoms with Crippen LogP contribution in [0.1, 0.15) is 18.9 Å². The molecular weight excluding hydrogens is 413 g/mol. The topological polar surface area (TPSA) is 111 Å². The number of sulfone groups is 1. The van der Waals surface area contributed by atoms with Gasteiger partial charge in [0.1, 0.15) is 5.75 Å². The average Bonchev–Trinajstić information content (AvgIpc) is 2.59. The van der Waals surface area contributed by atoms with Crippen LogP contribution in [-0.4, -0.2) is 31.6 Å². The van der Waals surface area contributed by atoms with Crippen LogP contribution < -0.4 is 15.8 Å². The molecule has 1 atom stereocenters. The summed E-state index contributed by atoms with van der Waals surface area (Å²) >= 11 is 0. The van der Waals surface area contributed by atoms with Gasteiger partial charge in [-0.3, -0.25) is 4.79 Å². The van der Waals surface area contributed by atoms with Crippen LogP contribution in [0, 0.1) is 0 Å². The highest BCUT2D eigenvalue weighted by Gasteiger charge is 2.13. The van der Waals surface area contributed by atoms with E-state index in [9.17, 15) is 13.2 Å². The van der Waals surface area contributed by atoms with Crippen LogP contribution in [0.5, 0.6) is 11.6 Å². The molecule has 0 fully saturated rings. The Kier molecular flexibility index (Phi) is 10.3. The van der Waals surface area contributed by atoms with Crippen molar-refractivity contribution >= 4 is 40.6 Å². The molecule has 0 aliphatic carbocycles. The lowest BCUT2D eigenvalue weighted by Crippen LogP contribution is -2.39. The standard InChI is InChI=1S/C17H21N3O4S.2ClH/c1-3-15(18)16(21)20-11-12-6-5-9-19-17(12)24-13-7-4-8-14(10-13)25(2,22)23;;/h4-10,15H,3,11,18H2,1-2H3,(H,20,21);2*1H/t15-;;/m0../s1. The van der Waals surface area contributed by atoms with E-state index in [2.05, 4.69) is 10.3 Å². The molecule has 10 heteroatoms. The van der Waals surface area contributed by atoms with E-state index < -0.39 is 15.9 Å². The molecule has 2 rings (SSSR count). The van der Waals surface area contributed by atoms with E-state index in [4.69, 9.17) is 10.5 Å². The Balaban J connectivity index is 0.00000338. The lowest BCUT2D eigenvalue weighted by molar-refractivity contribution is -0.122. The Bertz CT molecular complexity index is 863. The van der Waals surface area contributed by atoms with Gasteiger partial charge in [-0.2, -0.15) is 0 Å². The van der Waals surface area contributed by atoms with E-state index in [1.165, 1.54) is 12.1 Å². The van der Waals surface area contributed by atoms with E-state index in [-0.39, 0.29) is 42.2 Å². The number of carbonyl (C=O) groups is 1. The van der Waals surface area contributed by atoms with Gasteiger partial charge in [-0.05, 0) is 30.7 Å². The molecule has 0 aliphatic heterocycles. The molecule has 0 saturated heterocycles. The van der Waals surface area contributed by atoms with Gasteiger partial charge < -0.3 is 15.8 Å². The number of carbonyl (C=O) groups excluding carboxylic acids is 1. The minimum atomic E-state index is -3.33. The fourth-order valence-corrected chi connectivity index (χ4v) is 2.69. The molecular formula is C17H23Cl2N3O4S. The van der Waals surface area contributed by atoms with E-state index in [1.807, 2.05) is 6.92 Å². The largest absolute Gasteiger partial charge is 0.439 e. The van der Waals surface area contributed by atoms with Gasteiger partial charge in [0.15, 0.2) is 9.84 Å². The van der Waals surface area contributed by atoms with Crippen LogP contribution in [0.2, 0.25) is 0 Å². The molecule has 7 nitrogen and oxygen atoms in total. The zero-order chi connectivity index (χ0) is 18.4. The van der Waals surface area contributed by atoms with Crippen molar-refractivity contribution in [3.05, 3.63) is 48.2 Å². The minimum absolute atomic E-state index is 0. The van der Waals surface area contributed by atoms with Crippen LogP contribution in [0.4, 0.5) is 0 Å². The maximum absolute atomic E-state index is 11.8. The molecule has 1 aromatic heterocycles. The van der Waals surface area contributed by atoms with E-state index in [0.29, 0.717) is 23.6 Å². The van der Waals surface area contributed by atoms with Crippen molar-refractivity contribution in [3.8, 4) is 11.6 Å². The summed E-state index contributed by atoms with van der Waals surface area (Å²) in [7, 11) is -3.33. The first-order valence-corrected chi connectivity index (χ1v) is 9.65. The summed E-state index contributed by atoms with van der Waals surface area (Å²) in [6.07, 6.45) is 3.23. The Morgan fingerprint density at radius 1 is 1.26 bits per heavy atom. The second kappa shape index (κ2) is 11.1. The number of amides is 1. The third-order valence-electron chi connectivity index (χ3n) is 3.53. The van der Waals surface area contributed by atoms with Gasteiger partial charge in [0, 0.05) is 24.6 Å². The molecule has 0 bridgehead atoms. The number of rotatable bonds is 7. The first-order valence-electron chi connectivity index (χ1n) is 7.76. The smallest absolute Gasteiger partial charge is 0.237 e. The minimum Gasteiger partial charge on any atom is -0.439 e. The van der Waals surface area contributed by atoms with E-state index >= 15 is 0 Å². The molecule has 0 saturated carbocycles. The highest BCUT2D eigenvalue weighted by Crippen LogP contribution is 2.25. The van der Waals surface area contributed by atoms with Crippen molar-refractivity contribution in [1.29, 1.82) is 0 Å². The van der Waals surface area contributed by atoms with Crippen LogP contribution >= 0.6 is 24.8 Å². The number of hydrogen-bond donors (Lipinski definition) is 2. The van der Waals surface area contributed by atoms with Crippen LogP contribution in [0.15, 0.2) is 47.5 Å². The number of pyridine rings is 1. The third-order valence-corrected chi connectivity index (χ3v) is 4.64. The van der Waals surface area contributed by atoms with E-state index in [1.54, 1.807) is 30.5 Å². The Hall–Kier alpha value is -1.87. The highest BCUT2D eigenvalue weighted by atomic mass is 35.5. The second-order valence-corrected chi connectivity index (χ2v) is 7.57. The number of hydrogen-bond acceptors (Lipinski definition) is 6. The number of nitrogens with zero attached hydrogens (tertiary/aromatic N) is 1. The predicted octanol–water partition coefficient (Wildman–Crippen LogP) is 2.47. The summed E-state index contributed by atoms with van der Waals surface area (Å²) in [5.41, 5.74) is 6.34. The maximum atomic E-state index is 11.8. The average molecular weight is 436 g/mol. The monoisotopic (exact) mass is 435 g/mol. The number of nitrogens with one attached hydrogen (secondary N) is 1. The fourth-order valence-electron chi connectivity index (χ4n) is 2.03. The van der Waals surface area contributed by atoms with Crippen LogP contribution in [-0.2, 0) is 21.2 Å². The van der Waals surface area contributed by atoms with Crippen molar-refractivity contribution in [3.63, 3.8) is 0 Å². The van der Waals surface area contributed by atoms with Gasteiger partial charge in [-0.25, -0.2) is 13.4 Å². The lowest BCUT2D eigenvalue weighted by atomic mass is 10.2. The molecule has 1 amide bonds. The van der Waals surface area contributed by atoms with Gasteiger partial charge in [0.25, 0.3) is 0 Å². The van der Waals surface area contributed by atoms with Crippen molar-refractivity contribution in [2.75, 3.05) is 6.26 Å². The van der Waals surface area contributed by atoms with Gasteiger partial charge in [0.2, 0.25) is 11.8 Å². The summed E-state index contributed by atoms with van der Waals surface area (Å²) in [5, 5.41) is 2.73. The van der Waals surface area contributed by atoms with E-state index in [0.717, 1.165) is 6.26 Å². The molecule has 1 heterocycles. The SMILES string of the molecule is CC[C@H](N)C(=O)NCc1cccnc1Oc1cccc(S(C)(=O)=O)c1.Cl.Cl. The van der Waals surface area contributed by atoms with Crippen molar-refractivity contribution in [2.45, 2.75) is 30.8 Å². The lowest BCUT2D eigenvalue weighted by Gasteiger charge is -2.13. The quantitative estimate of drug-likeness (QED) is 0.690. The van der Waals surface area contributed by atoms with Gasteiger partial charge in [-0.1, -0.05) is 19.1 Å². The molecule has 2 aromatic rings. The molecule has 150 valence electrons. The molecule has 0 aliphatic rings. The molecule has 0 radical (unpaired) electrons. The fraction of sp³-hybridized carbons (Fsp3) is 0.294. The number of ether oxygens (including phenoxy) is 1. The van der Waals surface area contributed by atoms with Crippen LogP contribution in [0.3, 0.4) is 0 Å². The van der Waals surface area contributed by atoms with Crippen molar-refractivity contribution in [2.24, 2.45) is 5.73 Å². The summed E-state index contributed by atoms with van der Waals surface area (Å²) < 4.78 is 29.0. The Morgan fingerprint density at radius 3 is 2.59 bits per heavy atom. The number of aromatic nitrogens is 1. The molecule has 0 spiro atoms. The predicted molar refractivity (Wildman–Crippen MR) is 108 cm³/mol. The summed E-state index contributed by atoms with van der Waals surface area (Å²) in [6, 6.07) is 9.08. The van der Waals surface area contributed by atoms with Gasteiger partial charge in [-0.15, -0.1) is 24.8 Å². The Labute approximate surface area is 171 Å². The molecule has 27 heavy (non-hydrogen) atoms. The van der Waals surface area contributed by atoms with Crippen molar-refractivity contribution < 1.29 is 17.9 Å². The molecule has 0 unspecified atom stereocenters. The van der Waals surface area contributed by atoms with Gasteiger partial charge >= 0.3 is 0 Å². The second-order valence-electron chi connectivity index (χ2n) is 5.55. The summed E-state index contributed by atoms with van der Waals surface area (Å²) in [6.45, 7) is 2.04. The normalized spacial score (nSPS) is 11.5. The maximum Gasteiger partial charge on any atom is 0.237 e. The Morgan fingerprint density at radius 2 is 1.96 bits per heavy atom. The first-order chi connectivity index (χ1) is 11.8.